The van der Waals surface area contributed by atoms with Gasteiger partial charge in [0.25, 0.3) is 0 Å². The van der Waals surface area contributed by atoms with Gasteiger partial charge in [-0.15, -0.1) is 0 Å². The van der Waals surface area contributed by atoms with Crippen LogP contribution in [0, 0.1) is 23.0 Å². The monoisotopic (exact) mass is 288 g/mol. The predicted molar refractivity (Wildman–Crippen MR) is 71.0 cm³/mol. The number of ether oxygens (including phenoxy) is 1. The smallest absolute Gasteiger partial charge is 0.340 e. The van der Waals surface area contributed by atoms with E-state index in [1.54, 1.807) is 24.3 Å². The third kappa shape index (κ3) is 3.34. The number of nitrogens with two attached hydrogens (primary N) is 1. The van der Waals surface area contributed by atoms with Crippen molar-refractivity contribution in [3.05, 3.63) is 64.7 Å². The standard InChI is InChI=1S/C15H10F2N2O2/c16-12-5-11(14(19)6-13(12)17)15(20)21-8-10-3-1-9(7-18)2-4-10/h1-6H,8,19H2. The van der Waals surface area contributed by atoms with Crippen molar-refractivity contribution in [2.45, 2.75) is 6.61 Å². The fourth-order valence-electron chi connectivity index (χ4n) is 1.64. The molecule has 6 heteroatoms. The van der Waals surface area contributed by atoms with E-state index in [2.05, 4.69) is 0 Å². The number of esters is 1. The molecule has 0 saturated heterocycles. The molecule has 0 aromatic heterocycles. The highest BCUT2D eigenvalue weighted by Crippen LogP contribution is 2.18. The Morgan fingerprint density at radius 3 is 2.43 bits per heavy atom. The molecule has 2 aromatic rings. The Hall–Kier alpha value is -2.94. The Labute approximate surface area is 119 Å². The van der Waals surface area contributed by atoms with E-state index in [4.69, 9.17) is 15.7 Å². The molecule has 0 aliphatic carbocycles. The number of halogens is 2. The number of hydrogen-bond donors (Lipinski definition) is 1. The number of anilines is 1. The minimum Gasteiger partial charge on any atom is -0.457 e. The number of nitrogen functional groups attached to an aromatic ring is 1. The summed E-state index contributed by atoms with van der Waals surface area (Å²) in [7, 11) is 0. The second-order valence-electron chi connectivity index (χ2n) is 4.24. The molecule has 0 bridgehead atoms. The molecule has 0 saturated carbocycles. The first-order chi connectivity index (χ1) is 10.0. The van der Waals surface area contributed by atoms with E-state index < -0.39 is 17.6 Å². The molecule has 4 nitrogen and oxygen atoms in total. The SMILES string of the molecule is N#Cc1ccc(COC(=O)c2cc(F)c(F)cc2N)cc1. The minimum absolute atomic E-state index is 0.0665. The van der Waals surface area contributed by atoms with Crippen LogP contribution >= 0.6 is 0 Å². The lowest BCUT2D eigenvalue weighted by molar-refractivity contribution is 0.0473. The maximum absolute atomic E-state index is 13.1. The maximum Gasteiger partial charge on any atom is 0.340 e. The maximum atomic E-state index is 13.1. The normalized spacial score (nSPS) is 9.95. The Morgan fingerprint density at radius 1 is 1.19 bits per heavy atom. The van der Waals surface area contributed by atoms with Crippen LogP contribution in [0.3, 0.4) is 0 Å². The van der Waals surface area contributed by atoms with Gasteiger partial charge in [0.15, 0.2) is 11.6 Å². The molecular formula is C15H10F2N2O2. The fourth-order valence-corrected chi connectivity index (χ4v) is 1.64. The first-order valence-corrected chi connectivity index (χ1v) is 5.92. The average molecular weight is 288 g/mol. The molecule has 0 spiro atoms. The van der Waals surface area contributed by atoms with Gasteiger partial charge in [-0.05, 0) is 23.8 Å². The van der Waals surface area contributed by atoms with Crippen LogP contribution in [0.4, 0.5) is 14.5 Å². The molecule has 106 valence electrons. The molecule has 0 amide bonds. The number of nitrogens with zero attached hydrogens (tertiary/aromatic N) is 1. The van der Waals surface area contributed by atoms with Crippen molar-refractivity contribution >= 4 is 11.7 Å². The Bertz CT molecular complexity index is 722. The number of nitriles is 1. The second-order valence-corrected chi connectivity index (χ2v) is 4.24. The second kappa shape index (κ2) is 6.01. The molecular weight excluding hydrogens is 278 g/mol. The van der Waals surface area contributed by atoms with Gasteiger partial charge < -0.3 is 10.5 Å². The zero-order chi connectivity index (χ0) is 15.4. The molecule has 0 radical (unpaired) electrons. The third-order valence-corrected chi connectivity index (χ3v) is 2.77. The van der Waals surface area contributed by atoms with E-state index in [9.17, 15) is 13.6 Å². The lowest BCUT2D eigenvalue weighted by Crippen LogP contribution is -2.09. The van der Waals surface area contributed by atoms with Gasteiger partial charge in [0.1, 0.15) is 6.61 Å². The lowest BCUT2D eigenvalue weighted by atomic mass is 10.1. The summed E-state index contributed by atoms with van der Waals surface area (Å²) in [5.41, 5.74) is 6.16. The van der Waals surface area contributed by atoms with Gasteiger partial charge in [0, 0.05) is 11.8 Å². The number of carbonyl (C=O) groups is 1. The van der Waals surface area contributed by atoms with E-state index in [1.165, 1.54) is 0 Å². The van der Waals surface area contributed by atoms with Gasteiger partial charge >= 0.3 is 5.97 Å². The fraction of sp³-hybridized carbons (Fsp3) is 0.0667. The molecule has 2 aromatic carbocycles. The predicted octanol–water partition coefficient (Wildman–Crippen LogP) is 2.78. The summed E-state index contributed by atoms with van der Waals surface area (Å²) in [5, 5.41) is 8.66. The zero-order valence-corrected chi connectivity index (χ0v) is 10.8. The van der Waals surface area contributed by atoms with Crippen LogP contribution in [-0.4, -0.2) is 5.97 Å². The molecule has 0 aliphatic rings. The van der Waals surface area contributed by atoms with Crippen LogP contribution in [0.2, 0.25) is 0 Å². The van der Waals surface area contributed by atoms with Crippen molar-refractivity contribution in [2.75, 3.05) is 5.73 Å². The van der Waals surface area contributed by atoms with E-state index in [1.807, 2.05) is 6.07 Å². The van der Waals surface area contributed by atoms with Crippen molar-refractivity contribution in [1.82, 2.24) is 0 Å². The van der Waals surface area contributed by atoms with E-state index in [0.717, 1.165) is 6.07 Å². The third-order valence-electron chi connectivity index (χ3n) is 2.77. The Balaban J connectivity index is 2.08. The lowest BCUT2D eigenvalue weighted by Gasteiger charge is -2.08. The number of carbonyl (C=O) groups excluding carboxylic acids is 1. The van der Waals surface area contributed by atoms with Crippen molar-refractivity contribution in [2.24, 2.45) is 0 Å². The van der Waals surface area contributed by atoms with Gasteiger partial charge in [0.05, 0.1) is 17.2 Å². The largest absolute Gasteiger partial charge is 0.457 e. The molecule has 0 fully saturated rings. The summed E-state index contributed by atoms with van der Waals surface area (Å²) in [4.78, 5) is 11.8. The van der Waals surface area contributed by atoms with Crippen LogP contribution in [-0.2, 0) is 11.3 Å². The highest BCUT2D eigenvalue weighted by Gasteiger charge is 2.15. The average Bonchev–Trinajstić information content (AvgIpc) is 2.49. The Morgan fingerprint density at radius 2 is 1.81 bits per heavy atom. The molecule has 0 aliphatic heterocycles. The summed E-state index contributed by atoms with van der Waals surface area (Å²) >= 11 is 0. The summed E-state index contributed by atoms with van der Waals surface area (Å²) < 4.78 is 31.0. The summed E-state index contributed by atoms with van der Waals surface area (Å²) in [6.45, 7) is -0.0665. The van der Waals surface area contributed by atoms with Crippen LogP contribution in [0.25, 0.3) is 0 Å². The van der Waals surface area contributed by atoms with E-state index >= 15 is 0 Å². The van der Waals surface area contributed by atoms with Crippen molar-refractivity contribution in [1.29, 1.82) is 5.26 Å². The minimum atomic E-state index is -1.17. The molecule has 0 atom stereocenters. The molecule has 21 heavy (non-hydrogen) atoms. The van der Waals surface area contributed by atoms with E-state index in [-0.39, 0.29) is 17.9 Å². The highest BCUT2D eigenvalue weighted by atomic mass is 19.2. The number of benzene rings is 2. The first kappa shape index (κ1) is 14.5. The highest BCUT2D eigenvalue weighted by molar-refractivity contribution is 5.95. The summed E-state index contributed by atoms with van der Waals surface area (Å²) in [6, 6.07) is 9.80. The molecule has 0 heterocycles. The van der Waals surface area contributed by atoms with Gasteiger partial charge in [-0.1, -0.05) is 12.1 Å². The van der Waals surface area contributed by atoms with Crippen molar-refractivity contribution < 1.29 is 18.3 Å². The van der Waals surface area contributed by atoms with Crippen LogP contribution < -0.4 is 5.73 Å². The van der Waals surface area contributed by atoms with Crippen LogP contribution in [0.15, 0.2) is 36.4 Å². The first-order valence-electron chi connectivity index (χ1n) is 5.92. The summed E-state index contributed by atoms with van der Waals surface area (Å²) in [6.07, 6.45) is 0. The summed E-state index contributed by atoms with van der Waals surface area (Å²) in [5.74, 6) is -3.15. The van der Waals surface area contributed by atoms with Crippen LogP contribution in [0.1, 0.15) is 21.5 Å². The van der Waals surface area contributed by atoms with Crippen molar-refractivity contribution in [3.63, 3.8) is 0 Å². The molecule has 2 rings (SSSR count). The van der Waals surface area contributed by atoms with Gasteiger partial charge in [-0.3, -0.25) is 0 Å². The number of rotatable bonds is 3. The number of hydrogen-bond acceptors (Lipinski definition) is 4. The molecule has 0 unspecified atom stereocenters. The van der Waals surface area contributed by atoms with Gasteiger partial charge in [-0.2, -0.15) is 5.26 Å². The Kier molecular flexibility index (Phi) is 4.14. The van der Waals surface area contributed by atoms with Crippen LogP contribution in [0.5, 0.6) is 0 Å². The quantitative estimate of drug-likeness (QED) is 0.696. The zero-order valence-electron chi connectivity index (χ0n) is 10.8. The van der Waals surface area contributed by atoms with Crippen molar-refractivity contribution in [3.8, 4) is 6.07 Å². The van der Waals surface area contributed by atoms with E-state index in [0.29, 0.717) is 17.2 Å². The van der Waals surface area contributed by atoms with Gasteiger partial charge in [-0.25, -0.2) is 13.6 Å². The molecule has 2 N–H and O–H groups in total. The topological polar surface area (TPSA) is 76.1 Å². The van der Waals surface area contributed by atoms with Gasteiger partial charge in [0.2, 0.25) is 0 Å².